The molecule has 0 saturated carbocycles. The van der Waals surface area contributed by atoms with E-state index in [1.165, 1.54) is 16.1 Å². The molecule has 0 radical (unpaired) electrons. The van der Waals surface area contributed by atoms with Crippen LogP contribution < -0.4 is 4.74 Å². The average Bonchev–Trinajstić information content (AvgIpc) is 3.52. The average molecular weight is 568 g/mol. The van der Waals surface area contributed by atoms with E-state index in [2.05, 4.69) is 30.1 Å². The van der Waals surface area contributed by atoms with E-state index in [1.54, 1.807) is 4.90 Å². The number of carbonyl (C=O) groups excluding carboxylic acids is 1. The van der Waals surface area contributed by atoms with Gasteiger partial charge in [0.15, 0.2) is 0 Å². The van der Waals surface area contributed by atoms with Gasteiger partial charge >= 0.3 is 6.03 Å². The maximum Gasteiger partial charge on any atom is 0.320 e. The van der Waals surface area contributed by atoms with Crippen LogP contribution in [0.25, 0.3) is 0 Å². The largest absolute Gasteiger partial charge is 0.493 e. The molecule has 2 fully saturated rings. The van der Waals surface area contributed by atoms with Crippen molar-refractivity contribution in [2.45, 2.75) is 24.9 Å². The van der Waals surface area contributed by atoms with Crippen LogP contribution in [-0.2, 0) is 23.0 Å². The summed E-state index contributed by atoms with van der Waals surface area (Å²) in [6.45, 7) is 3.96. The summed E-state index contributed by atoms with van der Waals surface area (Å²) in [4.78, 5) is 19.4. The van der Waals surface area contributed by atoms with Crippen molar-refractivity contribution < 1.29 is 17.9 Å². The minimum atomic E-state index is -3.26. The van der Waals surface area contributed by atoms with Gasteiger partial charge in [0.1, 0.15) is 5.75 Å². The van der Waals surface area contributed by atoms with Crippen LogP contribution in [0.2, 0.25) is 10.0 Å². The number of piperazine rings is 1. The summed E-state index contributed by atoms with van der Waals surface area (Å²) in [6.07, 6.45) is 2.16. The van der Waals surface area contributed by atoms with Crippen molar-refractivity contribution in [3.8, 4) is 5.75 Å². The van der Waals surface area contributed by atoms with E-state index in [0.717, 1.165) is 29.9 Å². The number of hydrogen-bond donors (Lipinski definition) is 0. The lowest BCUT2D eigenvalue weighted by Crippen LogP contribution is -2.53. The maximum absolute atomic E-state index is 13.5. The molecule has 2 aromatic carbocycles. The van der Waals surface area contributed by atoms with Crippen LogP contribution in [0.1, 0.15) is 22.6 Å². The van der Waals surface area contributed by atoms with Gasteiger partial charge in [0.2, 0.25) is 10.0 Å². The van der Waals surface area contributed by atoms with E-state index in [0.29, 0.717) is 55.9 Å². The smallest absolute Gasteiger partial charge is 0.320 e. The van der Waals surface area contributed by atoms with Crippen molar-refractivity contribution in [1.82, 2.24) is 19.0 Å². The predicted molar refractivity (Wildman–Crippen MR) is 145 cm³/mol. The third kappa shape index (κ3) is 5.71. The van der Waals surface area contributed by atoms with Gasteiger partial charge in [0.25, 0.3) is 0 Å². The summed E-state index contributed by atoms with van der Waals surface area (Å²) in [6, 6.07) is 12.1. The summed E-state index contributed by atoms with van der Waals surface area (Å²) >= 11 is 12.6. The second kappa shape index (κ2) is 10.6. The van der Waals surface area contributed by atoms with E-state index in [4.69, 9.17) is 27.9 Å². The number of sulfonamides is 1. The van der Waals surface area contributed by atoms with Crippen molar-refractivity contribution in [3.05, 3.63) is 63.1 Å². The number of carbonyl (C=O) groups is 1. The van der Waals surface area contributed by atoms with Crippen LogP contribution in [0, 0.1) is 0 Å². The van der Waals surface area contributed by atoms with Crippen molar-refractivity contribution in [1.29, 1.82) is 0 Å². The molecule has 0 aromatic heterocycles. The molecule has 8 nitrogen and oxygen atoms in total. The van der Waals surface area contributed by atoms with Crippen molar-refractivity contribution >= 4 is 39.3 Å². The molecule has 3 aliphatic rings. The highest BCUT2D eigenvalue weighted by molar-refractivity contribution is 7.88. The first-order chi connectivity index (χ1) is 17.6. The minimum absolute atomic E-state index is 0.0479. The lowest BCUT2D eigenvalue weighted by molar-refractivity contribution is 0.138. The molecule has 2 aromatic rings. The fraction of sp³-hybridized carbons (Fsp3) is 0.500. The number of urea groups is 1. The third-order valence-corrected chi connectivity index (χ3v) is 9.71. The molecule has 0 N–H and O–H groups in total. The Bertz CT molecular complexity index is 1280. The van der Waals surface area contributed by atoms with Gasteiger partial charge in [-0.1, -0.05) is 41.4 Å². The molecule has 200 valence electrons. The predicted octanol–water partition coefficient (Wildman–Crippen LogP) is 3.53. The summed E-state index contributed by atoms with van der Waals surface area (Å²) in [5.74, 6) is 1.01. The molecule has 0 aliphatic carbocycles. The number of ether oxygens (including phenoxy) is 1. The van der Waals surface area contributed by atoms with Gasteiger partial charge in [0.05, 0.1) is 22.9 Å². The Morgan fingerprint density at radius 3 is 2.49 bits per heavy atom. The summed E-state index contributed by atoms with van der Waals surface area (Å²) in [5, 5.41) is 1.00. The van der Waals surface area contributed by atoms with Crippen LogP contribution in [0.4, 0.5) is 4.79 Å². The molecular formula is C26H32Cl2N4O4S. The molecular weight excluding hydrogens is 535 g/mol. The van der Waals surface area contributed by atoms with Crippen LogP contribution in [0.15, 0.2) is 36.4 Å². The zero-order chi connectivity index (χ0) is 26.3. The molecule has 0 spiro atoms. The lowest BCUT2D eigenvalue weighted by atomic mass is 9.93. The normalized spacial score (nSPS) is 22.4. The molecule has 37 heavy (non-hydrogen) atoms. The highest BCUT2D eigenvalue weighted by Crippen LogP contribution is 2.36. The van der Waals surface area contributed by atoms with E-state index in [1.807, 2.05) is 23.1 Å². The van der Waals surface area contributed by atoms with Gasteiger partial charge < -0.3 is 14.5 Å². The van der Waals surface area contributed by atoms with Crippen molar-refractivity contribution in [2.24, 2.45) is 0 Å². The molecule has 2 atom stereocenters. The Kier molecular flexibility index (Phi) is 7.62. The van der Waals surface area contributed by atoms with Crippen molar-refractivity contribution in [2.75, 3.05) is 59.2 Å². The summed E-state index contributed by atoms with van der Waals surface area (Å²) in [7, 11) is -1.17. The van der Waals surface area contributed by atoms with E-state index >= 15 is 0 Å². The number of fused-ring (bicyclic) bond motifs is 1. The van der Waals surface area contributed by atoms with Gasteiger partial charge in [-0.3, -0.25) is 4.90 Å². The molecule has 5 rings (SSSR count). The van der Waals surface area contributed by atoms with Crippen LogP contribution >= 0.6 is 23.2 Å². The van der Waals surface area contributed by atoms with E-state index < -0.39 is 10.0 Å². The Hall–Kier alpha value is -2.04. The first-order valence-electron chi connectivity index (χ1n) is 12.5. The highest BCUT2D eigenvalue weighted by Gasteiger charge is 2.40. The monoisotopic (exact) mass is 566 g/mol. The highest BCUT2D eigenvalue weighted by atomic mass is 35.5. The molecule has 2 amide bonds. The fourth-order valence-electron chi connectivity index (χ4n) is 5.59. The Morgan fingerprint density at radius 2 is 1.78 bits per heavy atom. The summed E-state index contributed by atoms with van der Waals surface area (Å²) < 4.78 is 30.9. The molecule has 11 heteroatoms. The number of rotatable bonds is 5. The Labute approximate surface area is 228 Å². The maximum atomic E-state index is 13.5. The lowest BCUT2D eigenvalue weighted by Gasteiger charge is -2.35. The van der Waals surface area contributed by atoms with Crippen molar-refractivity contribution in [3.63, 3.8) is 0 Å². The second-order valence-corrected chi connectivity index (χ2v) is 12.9. The zero-order valence-electron chi connectivity index (χ0n) is 21.1. The van der Waals surface area contributed by atoms with Gasteiger partial charge in [-0.05, 0) is 41.9 Å². The number of benzene rings is 2. The third-order valence-electron chi connectivity index (χ3n) is 7.67. The van der Waals surface area contributed by atoms with Gasteiger partial charge in [-0.25, -0.2) is 13.2 Å². The first kappa shape index (κ1) is 26.6. The molecule has 0 bridgehead atoms. The SMILES string of the molecule is CN(Cc1ccc2c(c1)OCC2)C1CN(C(=O)N2CCN(S(C)(=O)=O)CC2)CC1c1ccc(Cl)c(Cl)c1. The van der Waals surface area contributed by atoms with E-state index in [-0.39, 0.29) is 18.0 Å². The quantitative estimate of drug-likeness (QED) is 0.553. The van der Waals surface area contributed by atoms with Crippen LogP contribution in [-0.4, -0.2) is 98.7 Å². The zero-order valence-corrected chi connectivity index (χ0v) is 23.4. The second-order valence-electron chi connectivity index (χ2n) is 10.1. The van der Waals surface area contributed by atoms with Gasteiger partial charge in [-0.2, -0.15) is 4.31 Å². The number of halogens is 2. The molecule has 3 aliphatic heterocycles. The molecule has 3 heterocycles. The van der Waals surface area contributed by atoms with Gasteiger partial charge in [0, 0.05) is 64.2 Å². The number of likely N-dealkylation sites (tertiary alicyclic amines) is 1. The minimum Gasteiger partial charge on any atom is -0.493 e. The Balaban J connectivity index is 1.34. The summed E-state index contributed by atoms with van der Waals surface area (Å²) in [5.41, 5.74) is 3.45. The van der Waals surface area contributed by atoms with Gasteiger partial charge in [-0.15, -0.1) is 0 Å². The number of hydrogen-bond acceptors (Lipinski definition) is 5. The molecule has 2 saturated heterocycles. The topological polar surface area (TPSA) is 73.4 Å². The van der Waals surface area contributed by atoms with Crippen LogP contribution in [0.3, 0.4) is 0 Å². The number of likely N-dealkylation sites (N-methyl/N-ethyl adjacent to an activating group) is 1. The number of nitrogens with zero attached hydrogens (tertiary/aromatic N) is 4. The van der Waals surface area contributed by atoms with E-state index in [9.17, 15) is 13.2 Å². The standard InChI is InChI=1S/C26H32Cl2N4O4S/c1-29(15-18-3-4-19-7-12-36-25(19)13-18)24-17-31(16-21(24)20-5-6-22(27)23(28)14-20)26(33)30-8-10-32(11-9-30)37(2,34)35/h3-6,13-14,21,24H,7-12,15-17H2,1-2H3. The fourth-order valence-corrected chi connectivity index (χ4v) is 6.72. The number of amides is 2. The first-order valence-corrected chi connectivity index (χ1v) is 15.1. The molecule has 2 unspecified atom stereocenters. The van der Waals surface area contributed by atoms with Crippen LogP contribution in [0.5, 0.6) is 5.75 Å². The Morgan fingerprint density at radius 1 is 1.03 bits per heavy atom.